The molecule has 3 heterocycles. The van der Waals surface area contributed by atoms with E-state index in [4.69, 9.17) is 27.9 Å². The Morgan fingerprint density at radius 3 is 2.52 bits per heavy atom. The summed E-state index contributed by atoms with van der Waals surface area (Å²) in [6.07, 6.45) is -0.647. The Labute approximate surface area is 147 Å². The number of nitrogens with zero attached hydrogens (tertiary/aromatic N) is 5. The van der Waals surface area contributed by atoms with Gasteiger partial charge in [0.1, 0.15) is 17.3 Å². The average Bonchev–Trinajstić information content (AvgIpc) is 3.05. The number of halogens is 5. The highest BCUT2D eigenvalue weighted by molar-refractivity contribution is 6.34. The van der Waals surface area contributed by atoms with Crippen LogP contribution in [0.4, 0.5) is 13.2 Å². The van der Waals surface area contributed by atoms with Gasteiger partial charge in [0.25, 0.3) is 0 Å². The van der Waals surface area contributed by atoms with Crippen molar-refractivity contribution in [1.29, 1.82) is 0 Å². The van der Waals surface area contributed by atoms with Gasteiger partial charge in [-0.15, -0.1) is 0 Å². The number of aromatic nitrogens is 5. The van der Waals surface area contributed by atoms with Crippen LogP contribution in [0, 0.1) is 0 Å². The first-order chi connectivity index (χ1) is 11.9. The van der Waals surface area contributed by atoms with Crippen molar-refractivity contribution in [3.63, 3.8) is 0 Å². The van der Waals surface area contributed by atoms with Crippen molar-refractivity contribution in [3.8, 4) is 17.3 Å². The summed E-state index contributed by atoms with van der Waals surface area (Å²) < 4.78 is 47.2. The van der Waals surface area contributed by atoms with Gasteiger partial charge in [-0.1, -0.05) is 28.4 Å². The number of hydrogen-bond donors (Lipinski definition) is 0. The summed E-state index contributed by atoms with van der Waals surface area (Å²) in [5.74, 6) is -1.88. The molecule has 0 saturated carbocycles. The molecule has 7 nitrogen and oxygen atoms in total. The SMILES string of the molecule is FC(F)(F)c1nc(-c2ccnc(OCc3nccnc3Cl)c2Cl)no1. The van der Waals surface area contributed by atoms with Crippen molar-refractivity contribution in [3.05, 3.63) is 46.4 Å². The predicted octanol–water partition coefficient (Wildman–Crippen LogP) is 3.83. The number of pyridine rings is 1. The van der Waals surface area contributed by atoms with Gasteiger partial charge in [0.15, 0.2) is 5.15 Å². The Balaban J connectivity index is 1.85. The minimum absolute atomic E-state index is 0.0563. The zero-order chi connectivity index (χ0) is 18.0. The molecule has 0 aliphatic heterocycles. The summed E-state index contributed by atoms with van der Waals surface area (Å²) in [6.45, 7) is -0.0944. The van der Waals surface area contributed by atoms with Gasteiger partial charge in [0, 0.05) is 24.2 Å². The third kappa shape index (κ3) is 3.80. The molecule has 3 aromatic heterocycles. The summed E-state index contributed by atoms with van der Waals surface area (Å²) in [7, 11) is 0. The van der Waals surface area contributed by atoms with E-state index in [1.165, 1.54) is 24.7 Å². The van der Waals surface area contributed by atoms with Gasteiger partial charge in [0.2, 0.25) is 11.7 Å². The zero-order valence-electron chi connectivity index (χ0n) is 12.0. The van der Waals surface area contributed by atoms with E-state index in [2.05, 4.69) is 29.6 Å². The lowest BCUT2D eigenvalue weighted by atomic mass is 10.2. The first-order valence-electron chi connectivity index (χ1n) is 6.50. The number of hydrogen-bond acceptors (Lipinski definition) is 7. The first-order valence-corrected chi connectivity index (χ1v) is 7.26. The topological polar surface area (TPSA) is 86.8 Å². The van der Waals surface area contributed by atoms with Crippen LogP contribution in [-0.2, 0) is 12.8 Å². The molecular formula is C13H6Cl2F3N5O2. The minimum Gasteiger partial charge on any atom is -0.470 e. The second-order valence-corrected chi connectivity index (χ2v) is 5.22. The van der Waals surface area contributed by atoms with Crippen LogP contribution in [0.15, 0.2) is 29.2 Å². The smallest absolute Gasteiger partial charge is 0.470 e. The summed E-state index contributed by atoms with van der Waals surface area (Å²) in [5.41, 5.74) is 0.405. The fourth-order valence-electron chi connectivity index (χ4n) is 1.73. The second-order valence-electron chi connectivity index (χ2n) is 4.48. The minimum atomic E-state index is -4.76. The van der Waals surface area contributed by atoms with Gasteiger partial charge in [-0.2, -0.15) is 18.2 Å². The van der Waals surface area contributed by atoms with Crippen molar-refractivity contribution in [1.82, 2.24) is 25.1 Å². The van der Waals surface area contributed by atoms with E-state index in [0.29, 0.717) is 5.69 Å². The van der Waals surface area contributed by atoms with Crippen LogP contribution in [0.5, 0.6) is 5.88 Å². The lowest BCUT2D eigenvalue weighted by molar-refractivity contribution is -0.159. The van der Waals surface area contributed by atoms with E-state index in [1.54, 1.807) is 0 Å². The molecule has 0 aliphatic carbocycles. The van der Waals surface area contributed by atoms with E-state index in [1.807, 2.05) is 0 Å². The van der Waals surface area contributed by atoms with Crippen molar-refractivity contribution >= 4 is 23.2 Å². The number of rotatable bonds is 4. The van der Waals surface area contributed by atoms with E-state index < -0.39 is 12.1 Å². The van der Waals surface area contributed by atoms with E-state index in [0.717, 1.165) is 0 Å². The summed E-state index contributed by atoms with van der Waals surface area (Å²) >= 11 is 12.0. The predicted molar refractivity (Wildman–Crippen MR) is 78.9 cm³/mol. The fourth-order valence-corrected chi connectivity index (χ4v) is 2.14. The number of ether oxygens (including phenoxy) is 1. The molecule has 12 heteroatoms. The molecular weight excluding hydrogens is 386 g/mol. The van der Waals surface area contributed by atoms with Gasteiger partial charge < -0.3 is 9.26 Å². The van der Waals surface area contributed by atoms with Gasteiger partial charge in [-0.3, -0.25) is 4.98 Å². The largest absolute Gasteiger partial charge is 0.471 e. The highest BCUT2D eigenvalue weighted by Crippen LogP contribution is 2.35. The van der Waals surface area contributed by atoms with Crippen LogP contribution in [0.2, 0.25) is 10.2 Å². The maximum absolute atomic E-state index is 12.6. The maximum Gasteiger partial charge on any atom is 0.471 e. The first kappa shape index (κ1) is 17.4. The molecule has 130 valence electrons. The third-order valence-corrected chi connectivity index (χ3v) is 3.52. The van der Waals surface area contributed by atoms with Crippen LogP contribution in [0.3, 0.4) is 0 Å². The average molecular weight is 392 g/mol. The Hall–Kier alpha value is -2.46. The van der Waals surface area contributed by atoms with Gasteiger partial charge in [0.05, 0.1) is 0 Å². The van der Waals surface area contributed by atoms with Crippen molar-refractivity contribution in [2.75, 3.05) is 0 Å². The van der Waals surface area contributed by atoms with Gasteiger partial charge in [-0.05, 0) is 6.07 Å². The molecule has 0 aromatic carbocycles. The van der Waals surface area contributed by atoms with E-state index >= 15 is 0 Å². The molecule has 0 saturated heterocycles. The summed E-state index contributed by atoms with van der Waals surface area (Å²) in [4.78, 5) is 15.0. The van der Waals surface area contributed by atoms with Crippen LogP contribution in [-0.4, -0.2) is 25.1 Å². The van der Waals surface area contributed by atoms with Crippen LogP contribution in [0.1, 0.15) is 11.6 Å². The van der Waals surface area contributed by atoms with Crippen LogP contribution < -0.4 is 4.74 Å². The quantitative estimate of drug-likeness (QED) is 0.667. The molecule has 0 bridgehead atoms. The fraction of sp³-hybridized carbons (Fsp3) is 0.154. The monoisotopic (exact) mass is 391 g/mol. The Morgan fingerprint density at radius 1 is 1.08 bits per heavy atom. The molecule has 3 rings (SSSR count). The Kier molecular flexibility index (Phi) is 4.73. The van der Waals surface area contributed by atoms with Gasteiger partial charge in [-0.25, -0.2) is 9.97 Å². The van der Waals surface area contributed by atoms with Crippen LogP contribution in [0.25, 0.3) is 11.4 Å². The lowest BCUT2D eigenvalue weighted by Crippen LogP contribution is -2.05. The maximum atomic E-state index is 12.6. The van der Waals surface area contributed by atoms with E-state index in [-0.39, 0.29) is 34.1 Å². The van der Waals surface area contributed by atoms with Crippen molar-refractivity contribution in [2.24, 2.45) is 0 Å². The van der Waals surface area contributed by atoms with Gasteiger partial charge >= 0.3 is 12.1 Å². The lowest BCUT2D eigenvalue weighted by Gasteiger charge is -2.08. The molecule has 0 atom stereocenters. The standard InChI is InChI=1S/C13H6Cl2F3N5O2/c14-8-6(10-22-12(25-23-10)13(16,17)18)1-2-21-11(8)24-5-7-9(15)20-4-3-19-7/h1-4H,5H2. The molecule has 0 amide bonds. The molecule has 0 fully saturated rings. The molecule has 0 spiro atoms. The summed E-state index contributed by atoms with van der Waals surface area (Å²) in [6, 6.07) is 1.33. The van der Waals surface area contributed by atoms with E-state index in [9.17, 15) is 13.2 Å². The van der Waals surface area contributed by atoms with Crippen LogP contribution >= 0.6 is 23.2 Å². The Bertz CT molecular complexity index is 903. The molecule has 3 aromatic rings. The van der Waals surface area contributed by atoms with Crippen molar-refractivity contribution < 1.29 is 22.4 Å². The number of alkyl halides is 3. The second kappa shape index (κ2) is 6.81. The highest BCUT2D eigenvalue weighted by atomic mass is 35.5. The molecule has 0 radical (unpaired) electrons. The molecule has 0 unspecified atom stereocenters. The zero-order valence-corrected chi connectivity index (χ0v) is 13.5. The Morgan fingerprint density at radius 2 is 1.84 bits per heavy atom. The van der Waals surface area contributed by atoms with Crippen molar-refractivity contribution in [2.45, 2.75) is 12.8 Å². The molecule has 25 heavy (non-hydrogen) atoms. The summed E-state index contributed by atoms with van der Waals surface area (Å²) in [5, 5.41) is 3.33. The molecule has 0 aliphatic rings. The highest BCUT2D eigenvalue weighted by Gasteiger charge is 2.38. The third-order valence-electron chi connectivity index (χ3n) is 2.84. The molecule has 0 N–H and O–H groups in total. The normalized spacial score (nSPS) is 11.6.